The number of hydrogen-bond acceptors (Lipinski definition) is 3. The van der Waals surface area contributed by atoms with Crippen LogP contribution in [0.4, 0.5) is 4.79 Å². The highest BCUT2D eigenvalue weighted by Crippen LogP contribution is 2.61. The zero-order valence-corrected chi connectivity index (χ0v) is 17.2. The molecule has 0 radical (unpaired) electrons. The fourth-order valence-electron chi connectivity index (χ4n) is 6.88. The third-order valence-corrected chi connectivity index (χ3v) is 7.86. The first-order valence-electron chi connectivity index (χ1n) is 11.3. The average Bonchev–Trinajstić information content (AvgIpc) is 2.71. The lowest BCUT2D eigenvalue weighted by molar-refractivity contribution is -0.136. The number of hydrogen-bond donors (Lipinski definition) is 0. The van der Waals surface area contributed by atoms with Gasteiger partial charge in [0.15, 0.2) is 0 Å². The van der Waals surface area contributed by atoms with E-state index < -0.39 is 0 Å². The second kappa shape index (κ2) is 7.66. The highest BCUT2D eigenvalue weighted by atomic mass is 16.6. The number of carbonyl (C=O) groups excluding carboxylic acids is 2. The van der Waals surface area contributed by atoms with Gasteiger partial charge in [0.05, 0.1) is 0 Å². The molecule has 1 aromatic carbocycles. The third kappa shape index (κ3) is 4.01. The second-order valence-corrected chi connectivity index (χ2v) is 10.0. The third-order valence-electron chi connectivity index (χ3n) is 7.86. The molecule has 156 valence electrons. The van der Waals surface area contributed by atoms with Crippen molar-refractivity contribution in [2.45, 2.75) is 51.6 Å². The molecule has 29 heavy (non-hydrogen) atoms. The second-order valence-electron chi connectivity index (χ2n) is 10.0. The van der Waals surface area contributed by atoms with Gasteiger partial charge in [-0.25, -0.2) is 4.79 Å². The summed E-state index contributed by atoms with van der Waals surface area (Å²) >= 11 is 0. The molecule has 5 aliphatic rings. The first-order chi connectivity index (χ1) is 14.1. The van der Waals surface area contributed by atoms with Crippen molar-refractivity contribution in [3.63, 3.8) is 0 Å². The molecule has 6 rings (SSSR count). The summed E-state index contributed by atoms with van der Waals surface area (Å²) in [6, 6.07) is 9.65. The van der Waals surface area contributed by atoms with Crippen LogP contribution >= 0.6 is 0 Å². The smallest absolute Gasteiger partial charge is 0.410 e. The SMILES string of the molecule is O=C1CN(C(=O)OCc2ccccc2)CCN1CCC12CC3CC(CC(C3)C1)C2. The first kappa shape index (κ1) is 19.0. The topological polar surface area (TPSA) is 49.9 Å². The molecule has 5 heteroatoms. The van der Waals surface area contributed by atoms with E-state index >= 15 is 0 Å². The molecular weight excluding hydrogens is 364 g/mol. The van der Waals surface area contributed by atoms with Gasteiger partial charge >= 0.3 is 6.09 Å². The minimum atomic E-state index is -0.386. The van der Waals surface area contributed by atoms with Crippen LogP contribution in [0.5, 0.6) is 0 Å². The molecule has 0 unspecified atom stereocenters. The van der Waals surface area contributed by atoms with Crippen molar-refractivity contribution in [2.75, 3.05) is 26.2 Å². The van der Waals surface area contributed by atoms with Crippen molar-refractivity contribution in [2.24, 2.45) is 23.2 Å². The maximum atomic E-state index is 12.7. The number of piperazine rings is 1. The summed E-state index contributed by atoms with van der Waals surface area (Å²) in [5, 5.41) is 0. The van der Waals surface area contributed by atoms with Crippen LogP contribution in [-0.2, 0) is 16.1 Å². The quantitative estimate of drug-likeness (QED) is 0.754. The van der Waals surface area contributed by atoms with E-state index in [1.54, 1.807) is 4.90 Å². The Kier molecular flexibility index (Phi) is 5.00. The minimum absolute atomic E-state index is 0.0673. The molecule has 4 bridgehead atoms. The minimum Gasteiger partial charge on any atom is -0.445 e. The number of rotatable bonds is 5. The van der Waals surface area contributed by atoms with Gasteiger partial charge in [-0.05, 0) is 73.7 Å². The van der Waals surface area contributed by atoms with Crippen molar-refractivity contribution in [1.29, 1.82) is 0 Å². The summed E-state index contributed by atoms with van der Waals surface area (Å²) in [5.74, 6) is 2.92. The van der Waals surface area contributed by atoms with Crippen LogP contribution in [0.1, 0.15) is 50.5 Å². The van der Waals surface area contributed by atoms with Crippen LogP contribution in [0.15, 0.2) is 30.3 Å². The Balaban J connectivity index is 1.10. The Morgan fingerprint density at radius 2 is 1.66 bits per heavy atom. The Morgan fingerprint density at radius 3 is 2.28 bits per heavy atom. The predicted molar refractivity (Wildman–Crippen MR) is 110 cm³/mol. The van der Waals surface area contributed by atoms with Crippen LogP contribution < -0.4 is 0 Å². The zero-order valence-electron chi connectivity index (χ0n) is 17.2. The lowest BCUT2D eigenvalue weighted by atomic mass is 9.49. The molecule has 1 aromatic rings. The summed E-state index contributed by atoms with van der Waals surface area (Å²) in [6.07, 6.45) is 9.31. The van der Waals surface area contributed by atoms with E-state index in [9.17, 15) is 9.59 Å². The van der Waals surface area contributed by atoms with E-state index in [0.29, 0.717) is 18.5 Å². The van der Waals surface area contributed by atoms with Gasteiger partial charge in [-0.3, -0.25) is 9.69 Å². The summed E-state index contributed by atoms with van der Waals surface area (Å²) in [4.78, 5) is 28.6. The summed E-state index contributed by atoms with van der Waals surface area (Å²) in [7, 11) is 0. The highest BCUT2D eigenvalue weighted by Gasteiger charge is 2.50. The van der Waals surface area contributed by atoms with Gasteiger partial charge < -0.3 is 9.64 Å². The number of benzene rings is 1. The van der Waals surface area contributed by atoms with Gasteiger partial charge in [-0.1, -0.05) is 30.3 Å². The van der Waals surface area contributed by atoms with E-state index in [-0.39, 0.29) is 25.2 Å². The largest absolute Gasteiger partial charge is 0.445 e. The van der Waals surface area contributed by atoms with E-state index in [4.69, 9.17) is 4.74 Å². The molecule has 0 N–H and O–H groups in total. The molecule has 0 atom stereocenters. The van der Waals surface area contributed by atoms with Gasteiger partial charge in [0.25, 0.3) is 0 Å². The molecule has 1 aliphatic heterocycles. The molecule has 0 spiro atoms. The fourth-order valence-corrected chi connectivity index (χ4v) is 6.88. The Bertz CT molecular complexity index is 727. The molecule has 5 nitrogen and oxygen atoms in total. The van der Waals surface area contributed by atoms with Crippen LogP contribution in [0.2, 0.25) is 0 Å². The molecule has 2 amide bonds. The predicted octanol–water partition coefficient (Wildman–Crippen LogP) is 4.07. The van der Waals surface area contributed by atoms with Crippen molar-refractivity contribution in [3.05, 3.63) is 35.9 Å². The van der Waals surface area contributed by atoms with Crippen molar-refractivity contribution in [1.82, 2.24) is 9.80 Å². The van der Waals surface area contributed by atoms with E-state index in [2.05, 4.69) is 0 Å². The number of nitrogens with zero attached hydrogens (tertiary/aromatic N) is 2. The summed E-state index contributed by atoms with van der Waals surface area (Å²) in [6.45, 7) is 2.46. The molecule has 1 saturated heterocycles. The van der Waals surface area contributed by atoms with Gasteiger partial charge in [0, 0.05) is 19.6 Å². The van der Waals surface area contributed by atoms with Crippen molar-refractivity contribution in [3.8, 4) is 0 Å². The summed E-state index contributed by atoms with van der Waals surface area (Å²) in [5.41, 5.74) is 1.46. The summed E-state index contributed by atoms with van der Waals surface area (Å²) < 4.78 is 5.39. The highest BCUT2D eigenvalue weighted by molar-refractivity contribution is 5.83. The van der Waals surface area contributed by atoms with Crippen molar-refractivity contribution >= 4 is 12.0 Å². The maximum Gasteiger partial charge on any atom is 0.410 e. The number of carbonyl (C=O) groups is 2. The maximum absolute atomic E-state index is 12.7. The first-order valence-corrected chi connectivity index (χ1v) is 11.3. The zero-order chi connectivity index (χ0) is 19.8. The lowest BCUT2D eigenvalue weighted by Crippen LogP contribution is -2.53. The Morgan fingerprint density at radius 1 is 1.00 bits per heavy atom. The van der Waals surface area contributed by atoms with E-state index in [0.717, 1.165) is 36.3 Å². The van der Waals surface area contributed by atoms with Crippen LogP contribution in [0.3, 0.4) is 0 Å². The van der Waals surface area contributed by atoms with Crippen molar-refractivity contribution < 1.29 is 14.3 Å². The van der Waals surface area contributed by atoms with E-state index in [1.165, 1.54) is 38.5 Å². The van der Waals surface area contributed by atoms with Gasteiger partial charge in [-0.2, -0.15) is 0 Å². The fraction of sp³-hybridized carbons (Fsp3) is 0.667. The molecule has 0 aromatic heterocycles. The lowest BCUT2D eigenvalue weighted by Gasteiger charge is -2.57. The Hall–Kier alpha value is -2.04. The van der Waals surface area contributed by atoms with E-state index in [1.807, 2.05) is 35.2 Å². The monoisotopic (exact) mass is 396 g/mol. The van der Waals surface area contributed by atoms with Gasteiger partial charge in [-0.15, -0.1) is 0 Å². The van der Waals surface area contributed by atoms with Crippen LogP contribution in [-0.4, -0.2) is 48.0 Å². The molecule has 5 fully saturated rings. The number of ether oxygens (including phenoxy) is 1. The molecule has 4 saturated carbocycles. The van der Waals surface area contributed by atoms with Gasteiger partial charge in [0.2, 0.25) is 5.91 Å². The number of amides is 2. The molecule has 4 aliphatic carbocycles. The Labute approximate surface area is 173 Å². The van der Waals surface area contributed by atoms with Crippen LogP contribution in [0.25, 0.3) is 0 Å². The normalized spacial score (nSPS) is 33.2. The standard InChI is InChI=1S/C24H32N2O3/c27-22-16-26(23(28)29-17-18-4-2-1-3-5-18)9-8-25(22)7-6-24-13-19-10-20(14-24)12-21(11-19)15-24/h1-5,19-21H,6-17H2. The average molecular weight is 397 g/mol. The molecular formula is C24H32N2O3. The van der Waals surface area contributed by atoms with Crippen LogP contribution in [0, 0.1) is 23.2 Å². The molecule has 1 heterocycles. The van der Waals surface area contributed by atoms with Gasteiger partial charge in [0.1, 0.15) is 13.2 Å².